The number of carbonyl (C=O) groups is 1. The summed E-state index contributed by atoms with van der Waals surface area (Å²) in [6.45, 7) is 2.14. The second kappa shape index (κ2) is 5.41. The highest BCUT2D eigenvalue weighted by Crippen LogP contribution is 2.26. The van der Waals surface area contributed by atoms with Gasteiger partial charge >= 0.3 is 0 Å². The van der Waals surface area contributed by atoms with Crippen molar-refractivity contribution in [3.05, 3.63) is 34.8 Å². The molecule has 0 aromatic carbocycles. The molecule has 1 amide bonds. The van der Waals surface area contributed by atoms with Crippen LogP contribution in [0.4, 0.5) is 0 Å². The van der Waals surface area contributed by atoms with E-state index in [1.807, 2.05) is 12.3 Å². The van der Waals surface area contributed by atoms with Gasteiger partial charge in [0.15, 0.2) is 0 Å². The summed E-state index contributed by atoms with van der Waals surface area (Å²) in [5.74, 6) is 0.0410. The van der Waals surface area contributed by atoms with Crippen LogP contribution in [-0.2, 0) is 12.8 Å². The Hall–Kier alpha value is -1.84. The standard InChI is InChI=1S/C18H23N3O/c1-12-14-8-5-9-16(14)20-17-15(10-11-21(12)17)18(22)19-13-6-3-2-4-7-13/h10-11,13H,2-9H2,1H3,(H,19,22). The number of nitrogens with zero attached hydrogens (tertiary/aromatic N) is 2. The van der Waals surface area contributed by atoms with Gasteiger partial charge in [0.25, 0.3) is 5.91 Å². The van der Waals surface area contributed by atoms with Gasteiger partial charge < -0.3 is 9.72 Å². The summed E-state index contributed by atoms with van der Waals surface area (Å²) in [4.78, 5) is 17.4. The lowest BCUT2D eigenvalue weighted by Gasteiger charge is -2.22. The van der Waals surface area contributed by atoms with E-state index < -0.39 is 0 Å². The van der Waals surface area contributed by atoms with Gasteiger partial charge in [0.2, 0.25) is 0 Å². The molecule has 2 aromatic heterocycles. The molecule has 4 rings (SSSR count). The van der Waals surface area contributed by atoms with Crippen LogP contribution in [0.2, 0.25) is 0 Å². The Morgan fingerprint density at radius 1 is 1.23 bits per heavy atom. The third-order valence-electron chi connectivity index (χ3n) is 5.27. The van der Waals surface area contributed by atoms with Gasteiger partial charge in [0, 0.05) is 23.6 Å². The SMILES string of the molecule is Cc1c2c(nc3c(C(=O)NC4CCCCC4)ccn13)CCC2. The number of carbonyl (C=O) groups excluding carboxylic acids is 1. The van der Waals surface area contributed by atoms with Crippen molar-refractivity contribution in [3.8, 4) is 0 Å². The minimum atomic E-state index is 0.0410. The molecule has 0 radical (unpaired) electrons. The molecular weight excluding hydrogens is 274 g/mol. The number of fused-ring (bicyclic) bond motifs is 2. The molecule has 0 atom stereocenters. The van der Waals surface area contributed by atoms with E-state index in [0.717, 1.165) is 36.9 Å². The predicted octanol–water partition coefficient (Wildman–Crippen LogP) is 3.19. The molecule has 0 bridgehead atoms. The summed E-state index contributed by atoms with van der Waals surface area (Å²) in [5, 5.41) is 3.21. The maximum absolute atomic E-state index is 12.6. The van der Waals surface area contributed by atoms with E-state index in [1.165, 1.54) is 42.6 Å². The first-order chi connectivity index (χ1) is 10.7. The zero-order valence-corrected chi connectivity index (χ0v) is 13.2. The maximum atomic E-state index is 12.6. The van der Waals surface area contributed by atoms with E-state index in [0.29, 0.717) is 6.04 Å². The first-order valence-electron chi connectivity index (χ1n) is 8.54. The van der Waals surface area contributed by atoms with Crippen LogP contribution in [0.15, 0.2) is 12.3 Å². The highest BCUT2D eigenvalue weighted by Gasteiger charge is 2.22. The van der Waals surface area contributed by atoms with Gasteiger partial charge in [-0.25, -0.2) is 4.98 Å². The Bertz CT molecular complexity index is 725. The minimum Gasteiger partial charge on any atom is -0.349 e. The van der Waals surface area contributed by atoms with Crippen molar-refractivity contribution in [2.75, 3.05) is 0 Å². The van der Waals surface area contributed by atoms with Crippen molar-refractivity contribution >= 4 is 11.6 Å². The average molecular weight is 297 g/mol. The Morgan fingerprint density at radius 2 is 2.05 bits per heavy atom. The summed E-state index contributed by atoms with van der Waals surface area (Å²) >= 11 is 0. The van der Waals surface area contributed by atoms with Gasteiger partial charge in [0.05, 0.1) is 5.56 Å². The van der Waals surface area contributed by atoms with Gasteiger partial charge in [-0.15, -0.1) is 0 Å². The molecule has 0 unspecified atom stereocenters. The van der Waals surface area contributed by atoms with E-state index in [1.54, 1.807) is 0 Å². The average Bonchev–Trinajstić information content (AvgIpc) is 3.15. The van der Waals surface area contributed by atoms with Crippen LogP contribution >= 0.6 is 0 Å². The summed E-state index contributed by atoms with van der Waals surface area (Å²) in [7, 11) is 0. The fraction of sp³-hybridized carbons (Fsp3) is 0.556. The zero-order chi connectivity index (χ0) is 15.1. The first-order valence-corrected chi connectivity index (χ1v) is 8.54. The van der Waals surface area contributed by atoms with E-state index >= 15 is 0 Å². The van der Waals surface area contributed by atoms with E-state index in [-0.39, 0.29) is 5.91 Å². The van der Waals surface area contributed by atoms with Crippen LogP contribution in [0.5, 0.6) is 0 Å². The smallest absolute Gasteiger partial charge is 0.255 e. The molecule has 0 saturated heterocycles. The third kappa shape index (κ3) is 2.21. The summed E-state index contributed by atoms with van der Waals surface area (Å²) in [6.07, 6.45) is 11.3. The lowest BCUT2D eigenvalue weighted by molar-refractivity contribution is 0.0929. The van der Waals surface area contributed by atoms with Crippen molar-refractivity contribution in [1.29, 1.82) is 0 Å². The number of aromatic nitrogens is 2. The Morgan fingerprint density at radius 3 is 2.86 bits per heavy atom. The molecule has 1 fully saturated rings. The molecule has 0 spiro atoms. The largest absolute Gasteiger partial charge is 0.349 e. The molecule has 116 valence electrons. The van der Waals surface area contributed by atoms with Crippen LogP contribution < -0.4 is 5.32 Å². The quantitative estimate of drug-likeness (QED) is 0.925. The maximum Gasteiger partial charge on any atom is 0.255 e. The summed E-state index contributed by atoms with van der Waals surface area (Å²) in [6, 6.07) is 2.26. The van der Waals surface area contributed by atoms with Crippen molar-refractivity contribution in [3.63, 3.8) is 0 Å². The molecule has 0 aliphatic heterocycles. The molecule has 2 aliphatic carbocycles. The van der Waals surface area contributed by atoms with E-state index in [2.05, 4.69) is 16.6 Å². The number of rotatable bonds is 2. The van der Waals surface area contributed by atoms with Gasteiger partial charge in [-0.1, -0.05) is 19.3 Å². The fourth-order valence-electron chi connectivity index (χ4n) is 4.01. The van der Waals surface area contributed by atoms with Crippen molar-refractivity contribution in [2.24, 2.45) is 0 Å². The molecule has 2 heterocycles. The number of hydrogen-bond donors (Lipinski definition) is 1. The summed E-state index contributed by atoms with van der Waals surface area (Å²) < 4.78 is 2.08. The third-order valence-corrected chi connectivity index (χ3v) is 5.27. The molecule has 1 saturated carbocycles. The fourth-order valence-corrected chi connectivity index (χ4v) is 4.01. The normalized spacial score (nSPS) is 18.6. The van der Waals surface area contributed by atoms with E-state index in [4.69, 9.17) is 4.98 Å². The molecule has 4 nitrogen and oxygen atoms in total. The number of aryl methyl sites for hydroxylation is 2. The molecule has 4 heteroatoms. The van der Waals surface area contributed by atoms with E-state index in [9.17, 15) is 4.79 Å². The molecule has 2 aromatic rings. The molecular formula is C18H23N3O. The summed E-state index contributed by atoms with van der Waals surface area (Å²) in [5.41, 5.74) is 5.36. The van der Waals surface area contributed by atoms with Crippen molar-refractivity contribution < 1.29 is 4.79 Å². The van der Waals surface area contributed by atoms with Gasteiger partial charge in [-0.3, -0.25) is 4.79 Å². The predicted molar refractivity (Wildman–Crippen MR) is 86.3 cm³/mol. The molecule has 22 heavy (non-hydrogen) atoms. The second-order valence-electron chi connectivity index (χ2n) is 6.71. The Labute approximate surface area is 130 Å². The Balaban J connectivity index is 1.67. The van der Waals surface area contributed by atoms with Crippen LogP contribution in [0.25, 0.3) is 5.65 Å². The lowest BCUT2D eigenvalue weighted by atomic mass is 9.95. The minimum absolute atomic E-state index is 0.0410. The number of hydrogen-bond acceptors (Lipinski definition) is 2. The molecule has 1 N–H and O–H groups in total. The monoisotopic (exact) mass is 297 g/mol. The number of nitrogens with one attached hydrogen (secondary N) is 1. The highest BCUT2D eigenvalue weighted by atomic mass is 16.1. The lowest BCUT2D eigenvalue weighted by Crippen LogP contribution is -2.36. The highest BCUT2D eigenvalue weighted by molar-refractivity contribution is 6.00. The van der Waals surface area contributed by atoms with Gasteiger partial charge in [-0.05, 0) is 50.7 Å². The number of amides is 1. The zero-order valence-electron chi connectivity index (χ0n) is 13.2. The van der Waals surface area contributed by atoms with Gasteiger partial charge in [0.1, 0.15) is 5.65 Å². The van der Waals surface area contributed by atoms with Crippen LogP contribution in [0.3, 0.4) is 0 Å². The van der Waals surface area contributed by atoms with Crippen molar-refractivity contribution in [1.82, 2.24) is 14.7 Å². The topological polar surface area (TPSA) is 46.4 Å². The Kier molecular flexibility index (Phi) is 3.40. The van der Waals surface area contributed by atoms with Crippen LogP contribution in [0, 0.1) is 6.92 Å². The van der Waals surface area contributed by atoms with Crippen molar-refractivity contribution in [2.45, 2.75) is 64.3 Å². The first kappa shape index (κ1) is 13.8. The van der Waals surface area contributed by atoms with Gasteiger partial charge in [-0.2, -0.15) is 0 Å². The van der Waals surface area contributed by atoms with Crippen LogP contribution in [-0.4, -0.2) is 21.3 Å². The second-order valence-corrected chi connectivity index (χ2v) is 6.71. The van der Waals surface area contributed by atoms with Crippen LogP contribution in [0.1, 0.15) is 65.8 Å². The molecule has 2 aliphatic rings.